The third-order valence-corrected chi connectivity index (χ3v) is 4.31. The Morgan fingerprint density at radius 1 is 1.03 bits per heavy atom. The molecule has 1 amide bonds. The van der Waals surface area contributed by atoms with Crippen molar-refractivity contribution in [2.24, 2.45) is 5.10 Å². The quantitative estimate of drug-likeness (QED) is 0.430. The summed E-state index contributed by atoms with van der Waals surface area (Å²) in [6, 6.07) is 19.9. The number of amides is 1. The molecule has 3 rings (SSSR count). The maximum atomic E-state index is 12.3. The van der Waals surface area contributed by atoms with E-state index < -0.39 is 0 Å². The molecule has 0 saturated carbocycles. The number of rotatable bonds is 8. The number of benzene rings is 3. The highest BCUT2D eigenvalue weighted by Crippen LogP contribution is 2.26. The van der Waals surface area contributed by atoms with Gasteiger partial charge in [-0.2, -0.15) is 5.10 Å². The normalized spacial score (nSPS) is 10.7. The Labute approximate surface area is 175 Å². The minimum atomic E-state index is -0.333. The molecule has 0 saturated heterocycles. The van der Waals surface area contributed by atoms with Crippen molar-refractivity contribution in [3.05, 3.63) is 89.0 Å². The van der Waals surface area contributed by atoms with E-state index in [0.717, 1.165) is 5.56 Å². The highest BCUT2D eigenvalue weighted by atomic mass is 16.5. The molecule has 3 aromatic rings. The number of hydrogen-bond acceptors (Lipinski definition) is 5. The number of nitrogens with one attached hydrogen (secondary N) is 1. The molecule has 6 heteroatoms. The van der Waals surface area contributed by atoms with Crippen LogP contribution in [0.3, 0.4) is 0 Å². The Balaban J connectivity index is 1.53. The fourth-order valence-electron chi connectivity index (χ4n) is 2.67. The highest BCUT2D eigenvalue weighted by Gasteiger charge is 2.05. The Kier molecular flexibility index (Phi) is 7.05. The number of carbonyl (C=O) groups is 1. The second-order valence-corrected chi connectivity index (χ2v) is 6.66. The molecular formula is C24H24N2O4. The van der Waals surface area contributed by atoms with E-state index in [1.165, 1.54) is 17.8 Å². The van der Waals surface area contributed by atoms with Crippen LogP contribution in [0.2, 0.25) is 0 Å². The van der Waals surface area contributed by atoms with Crippen molar-refractivity contribution in [1.29, 1.82) is 0 Å². The topological polar surface area (TPSA) is 80.2 Å². The first-order valence-electron chi connectivity index (χ1n) is 9.63. The first-order chi connectivity index (χ1) is 14.5. The van der Waals surface area contributed by atoms with Crippen LogP contribution < -0.4 is 14.9 Å². The third kappa shape index (κ3) is 5.85. The van der Waals surface area contributed by atoms with Gasteiger partial charge in [0.1, 0.15) is 12.4 Å². The Hall–Kier alpha value is -3.80. The van der Waals surface area contributed by atoms with Crippen LogP contribution in [0.4, 0.5) is 0 Å². The van der Waals surface area contributed by atoms with Crippen LogP contribution in [0.25, 0.3) is 0 Å². The summed E-state index contributed by atoms with van der Waals surface area (Å²) in [6.45, 7) is 4.78. The molecule has 0 radical (unpaired) electrons. The molecule has 154 valence electrons. The Morgan fingerprint density at radius 3 is 2.47 bits per heavy atom. The zero-order valence-electron chi connectivity index (χ0n) is 17.0. The van der Waals surface area contributed by atoms with E-state index in [-0.39, 0.29) is 11.7 Å². The van der Waals surface area contributed by atoms with E-state index in [1.807, 2.05) is 38.1 Å². The van der Waals surface area contributed by atoms with Crippen molar-refractivity contribution in [3.8, 4) is 17.2 Å². The molecule has 0 aromatic heterocycles. The van der Waals surface area contributed by atoms with Crippen LogP contribution in [-0.4, -0.2) is 23.8 Å². The van der Waals surface area contributed by atoms with Gasteiger partial charge in [-0.25, -0.2) is 5.43 Å². The van der Waals surface area contributed by atoms with E-state index in [4.69, 9.17) is 9.47 Å². The van der Waals surface area contributed by atoms with Gasteiger partial charge >= 0.3 is 0 Å². The summed E-state index contributed by atoms with van der Waals surface area (Å²) in [4.78, 5) is 12.3. The van der Waals surface area contributed by atoms with E-state index in [0.29, 0.717) is 35.8 Å². The van der Waals surface area contributed by atoms with Crippen molar-refractivity contribution in [2.75, 3.05) is 6.61 Å². The summed E-state index contributed by atoms with van der Waals surface area (Å²) < 4.78 is 11.1. The molecule has 0 spiro atoms. The number of hydrazone groups is 1. The number of aryl methyl sites for hydroxylation is 1. The number of phenolic OH excluding ortho intramolecular Hbond substituents is 1. The molecule has 2 N–H and O–H groups in total. The third-order valence-electron chi connectivity index (χ3n) is 4.31. The van der Waals surface area contributed by atoms with Crippen LogP contribution in [0.1, 0.15) is 34.0 Å². The van der Waals surface area contributed by atoms with Crippen LogP contribution in [0.5, 0.6) is 17.2 Å². The highest BCUT2D eigenvalue weighted by molar-refractivity contribution is 5.95. The van der Waals surface area contributed by atoms with Gasteiger partial charge in [-0.1, -0.05) is 29.8 Å². The van der Waals surface area contributed by atoms with Gasteiger partial charge in [0.2, 0.25) is 0 Å². The number of aromatic hydroxyl groups is 1. The summed E-state index contributed by atoms with van der Waals surface area (Å²) >= 11 is 0. The van der Waals surface area contributed by atoms with Gasteiger partial charge in [0.25, 0.3) is 5.91 Å². The number of ether oxygens (including phenoxy) is 2. The minimum Gasteiger partial charge on any atom is -0.504 e. The lowest BCUT2D eigenvalue weighted by molar-refractivity contribution is 0.0955. The molecule has 0 aliphatic heterocycles. The van der Waals surface area contributed by atoms with Crippen molar-refractivity contribution in [2.45, 2.75) is 20.5 Å². The Bertz CT molecular complexity index is 1010. The van der Waals surface area contributed by atoms with Gasteiger partial charge in [-0.05, 0) is 67.4 Å². The molecule has 0 heterocycles. The second kappa shape index (κ2) is 10.1. The SMILES string of the molecule is CCOc1cc(C=NNC(=O)c2ccc(OCc3ccc(C)cc3)cc2)ccc1O. The molecule has 6 nitrogen and oxygen atoms in total. The van der Waals surface area contributed by atoms with E-state index >= 15 is 0 Å². The van der Waals surface area contributed by atoms with Gasteiger partial charge in [0.15, 0.2) is 11.5 Å². The van der Waals surface area contributed by atoms with E-state index in [9.17, 15) is 9.90 Å². The number of phenols is 1. The molecule has 0 aliphatic carbocycles. The standard InChI is InChI=1S/C24H24N2O4/c1-3-29-23-14-19(8-13-22(23)27)15-25-26-24(28)20-9-11-21(12-10-20)30-16-18-6-4-17(2)5-7-18/h4-15,27H,3,16H2,1-2H3,(H,26,28). The van der Waals surface area contributed by atoms with Gasteiger partial charge < -0.3 is 14.6 Å². The van der Waals surface area contributed by atoms with Gasteiger partial charge in [-0.3, -0.25) is 4.79 Å². The first-order valence-corrected chi connectivity index (χ1v) is 9.63. The van der Waals surface area contributed by atoms with Crippen LogP contribution >= 0.6 is 0 Å². The molecule has 0 aliphatic rings. The van der Waals surface area contributed by atoms with Crippen molar-refractivity contribution in [3.63, 3.8) is 0 Å². The zero-order chi connectivity index (χ0) is 21.3. The molecule has 0 fully saturated rings. The summed E-state index contributed by atoms with van der Waals surface area (Å²) in [6.07, 6.45) is 1.49. The molecule has 3 aromatic carbocycles. The zero-order valence-corrected chi connectivity index (χ0v) is 17.0. The lowest BCUT2D eigenvalue weighted by atomic mass is 10.2. The smallest absolute Gasteiger partial charge is 0.271 e. The average Bonchev–Trinajstić information content (AvgIpc) is 2.76. The van der Waals surface area contributed by atoms with Crippen LogP contribution in [-0.2, 0) is 6.61 Å². The van der Waals surface area contributed by atoms with E-state index in [2.05, 4.69) is 10.5 Å². The predicted molar refractivity (Wildman–Crippen MR) is 116 cm³/mol. The lowest BCUT2D eigenvalue weighted by Gasteiger charge is -2.07. The Morgan fingerprint density at radius 2 is 1.77 bits per heavy atom. The van der Waals surface area contributed by atoms with Crippen molar-refractivity contribution >= 4 is 12.1 Å². The number of nitrogens with zero attached hydrogens (tertiary/aromatic N) is 1. The summed E-state index contributed by atoms with van der Waals surface area (Å²) in [5.74, 6) is 0.778. The van der Waals surface area contributed by atoms with Gasteiger partial charge in [0, 0.05) is 5.56 Å². The van der Waals surface area contributed by atoms with E-state index in [1.54, 1.807) is 36.4 Å². The molecule has 0 bridgehead atoms. The fourth-order valence-corrected chi connectivity index (χ4v) is 2.67. The maximum Gasteiger partial charge on any atom is 0.271 e. The minimum absolute atomic E-state index is 0.0581. The average molecular weight is 404 g/mol. The first kappa shape index (κ1) is 20.9. The summed E-state index contributed by atoms with van der Waals surface area (Å²) in [5.41, 5.74) is 5.93. The summed E-state index contributed by atoms with van der Waals surface area (Å²) in [7, 11) is 0. The fraction of sp³-hybridized carbons (Fsp3) is 0.167. The van der Waals surface area contributed by atoms with Gasteiger partial charge in [0.05, 0.1) is 12.8 Å². The van der Waals surface area contributed by atoms with Crippen LogP contribution in [0.15, 0.2) is 71.8 Å². The van der Waals surface area contributed by atoms with Gasteiger partial charge in [-0.15, -0.1) is 0 Å². The second-order valence-electron chi connectivity index (χ2n) is 6.66. The van der Waals surface area contributed by atoms with Crippen LogP contribution in [0, 0.1) is 6.92 Å². The summed E-state index contributed by atoms with van der Waals surface area (Å²) in [5, 5.41) is 13.7. The number of hydrogen-bond donors (Lipinski definition) is 2. The number of carbonyl (C=O) groups excluding carboxylic acids is 1. The molecule has 30 heavy (non-hydrogen) atoms. The lowest BCUT2D eigenvalue weighted by Crippen LogP contribution is -2.17. The largest absolute Gasteiger partial charge is 0.504 e. The van der Waals surface area contributed by atoms with Crippen molar-refractivity contribution in [1.82, 2.24) is 5.43 Å². The predicted octanol–water partition coefficient (Wildman–Crippen LogP) is 4.44. The maximum absolute atomic E-state index is 12.3. The van der Waals surface area contributed by atoms with Crippen molar-refractivity contribution < 1.29 is 19.4 Å². The molecule has 0 atom stereocenters. The molecule has 0 unspecified atom stereocenters. The monoisotopic (exact) mass is 404 g/mol. The molecular weight excluding hydrogens is 380 g/mol.